The van der Waals surface area contributed by atoms with E-state index in [-0.39, 0.29) is 42.0 Å². The number of aldehydes is 1. The van der Waals surface area contributed by atoms with Crippen molar-refractivity contribution in [3.8, 4) is 16.9 Å². The number of ether oxygens (including phenoxy) is 1. The second-order valence-corrected chi connectivity index (χ2v) is 5.76. The maximum Gasteiger partial charge on any atom is 0.154 e. The molecule has 0 unspecified atom stereocenters. The van der Waals surface area contributed by atoms with Gasteiger partial charge in [0.25, 0.3) is 0 Å². The van der Waals surface area contributed by atoms with Gasteiger partial charge in [-0.05, 0) is 0 Å². The average molecular weight is 385 g/mol. The summed E-state index contributed by atoms with van der Waals surface area (Å²) in [5.41, 5.74) is 0.844. The van der Waals surface area contributed by atoms with Crippen LogP contribution in [0.15, 0.2) is 12.4 Å². The van der Waals surface area contributed by atoms with Gasteiger partial charge in [-0.1, -0.05) is 58.0 Å². The van der Waals surface area contributed by atoms with E-state index in [1.807, 2.05) is 0 Å². The van der Waals surface area contributed by atoms with E-state index in [0.29, 0.717) is 11.8 Å². The monoisotopic (exact) mass is 383 g/mol. The Kier molecular flexibility index (Phi) is 5.23. The zero-order chi connectivity index (χ0) is 15.7. The van der Waals surface area contributed by atoms with Gasteiger partial charge in [-0.3, -0.25) is 9.78 Å². The minimum atomic E-state index is 0.0422. The van der Waals surface area contributed by atoms with Crippen LogP contribution in [-0.2, 0) is 0 Å². The van der Waals surface area contributed by atoms with Gasteiger partial charge in [0.05, 0.1) is 44.0 Å². The fourth-order valence-corrected chi connectivity index (χ4v) is 3.12. The molecule has 0 saturated carbocycles. The highest BCUT2D eigenvalue weighted by atomic mass is 35.5. The summed E-state index contributed by atoms with van der Waals surface area (Å²) in [6.07, 6.45) is 3.42. The summed E-state index contributed by atoms with van der Waals surface area (Å²) in [6.45, 7) is 0. The molecule has 1 aromatic carbocycles. The van der Waals surface area contributed by atoms with Crippen LogP contribution in [0.1, 0.15) is 10.4 Å². The molecule has 0 N–H and O–H groups in total. The van der Waals surface area contributed by atoms with Crippen molar-refractivity contribution in [2.75, 3.05) is 7.11 Å². The van der Waals surface area contributed by atoms with Crippen LogP contribution in [0.4, 0.5) is 0 Å². The van der Waals surface area contributed by atoms with Crippen LogP contribution < -0.4 is 4.74 Å². The lowest BCUT2D eigenvalue weighted by Gasteiger charge is -2.15. The van der Waals surface area contributed by atoms with Gasteiger partial charge in [0.15, 0.2) is 6.29 Å². The highest BCUT2D eigenvalue weighted by molar-refractivity contribution is 6.56. The SMILES string of the molecule is COc1cncc(-c2c(Cl)c(Cl)c(Cl)c(Cl)c2Cl)c1C=O. The zero-order valence-electron chi connectivity index (χ0n) is 10.4. The molecule has 21 heavy (non-hydrogen) atoms. The minimum absolute atomic E-state index is 0.0422. The molecule has 0 spiro atoms. The van der Waals surface area contributed by atoms with Crippen LogP contribution in [0.2, 0.25) is 25.1 Å². The first kappa shape index (κ1) is 16.7. The smallest absolute Gasteiger partial charge is 0.154 e. The molecular formula is C13H6Cl5NO2. The third-order valence-electron chi connectivity index (χ3n) is 2.77. The van der Waals surface area contributed by atoms with E-state index in [2.05, 4.69) is 4.98 Å². The maximum absolute atomic E-state index is 11.4. The van der Waals surface area contributed by atoms with Crippen molar-refractivity contribution in [3.05, 3.63) is 43.1 Å². The lowest BCUT2D eigenvalue weighted by molar-refractivity contribution is 0.112. The molecule has 0 saturated heterocycles. The summed E-state index contributed by atoms with van der Waals surface area (Å²) in [5, 5.41) is 0.286. The van der Waals surface area contributed by atoms with Crippen LogP contribution in [0.25, 0.3) is 11.1 Å². The third kappa shape index (κ3) is 2.81. The molecule has 0 fully saturated rings. The summed E-state index contributed by atoms with van der Waals surface area (Å²) in [4.78, 5) is 15.3. The van der Waals surface area contributed by atoms with Gasteiger partial charge in [-0.25, -0.2) is 0 Å². The fraction of sp³-hybridized carbons (Fsp3) is 0.0769. The number of hydrogen-bond donors (Lipinski definition) is 0. The molecule has 0 amide bonds. The summed E-state index contributed by atoms with van der Waals surface area (Å²) in [5.74, 6) is 0.275. The van der Waals surface area contributed by atoms with Gasteiger partial charge in [0, 0.05) is 17.3 Å². The Labute approximate surface area is 145 Å². The molecule has 0 atom stereocenters. The Morgan fingerprint density at radius 2 is 1.48 bits per heavy atom. The molecule has 3 nitrogen and oxygen atoms in total. The van der Waals surface area contributed by atoms with Gasteiger partial charge < -0.3 is 4.74 Å². The van der Waals surface area contributed by atoms with Crippen LogP contribution in [0, 0.1) is 0 Å². The zero-order valence-corrected chi connectivity index (χ0v) is 14.2. The largest absolute Gasteiger partial charge is 0.494 e. The second kappa shape index (κ2) is 6.59. The first-order valence-electron chi connectivity index (χ1n) is 5.43. The Bertz CT molecular complexity index is 704. The van der Waals surface area contributed by atoms with E-state index in [1.165, 1.54) is 19.5 Å². The number of methoxy groups -OCH3 is 1. The number of benzene rings is 1. The molecule has 2 aromatic rings. The number of nitrogens with zero attached hydrogens (tertiary/aromatic N) is 1. The predicted octanol–water partition coefficient (Wildman–Crippen LogP) is 5.84. The van der Waals surface area contributed by atoms with Crippen molar-refractivity contribution in [2.45, 2.75) is 0 Å². The van der Waals surface area contributed by atoms with Crippen molar-refractivity contribution in [1.29, 1.82) is 0 Å². The van der Waals surface area contributed by atoms with E-state index in [1.54, 1.807) is 0 Å². The molecule has 0 aliphatic heterocycles. The molecule has 0 aliphatic rings. The van der Waals surface area contributed by atoms with Crippen molar-refractivity contribution in [3.63, 3.8) is 0 Å². The average Bonchev–Trinajstić information content (AvgIpc) is 2.50. The molecule has 0 aliphatic carbocycles. The summed E-state index contributed by atoms with van der Waals surface area (Å²) in [7, 11) is 1.42. The molecular weight excluding hydrogens is 379 g/mol. The van der Waals surface area contributed by atoms with Crippen LogP contribution in [0.3, 0.4) is 0 Å². The predicted molar refractivity (Wildman–Crippen MR) is 86.7 cm³/mol. The van der Waals surface area contributed by atoms with Gasteiger partial charge >= 0.3 is 0 Å². The number of halogens is 5. The first-order chi connectivity index (χ1) is 9.93. The molecule has 8 heteroatoms. The van der Waals surface area contributed by atoms with E-state index in [0.717, 1.165) is 0 Å². The number of pyridine rings is 1. The fourth-order valence-electron chi connectivity index (χ4n) is 1.78. The molecule has 0 radical (unpaired) electrons. The normalized spacial score (nSPS) is 10.6. The highest BCUT2D eigenvalue weighted by Crippen LogP contribution is 2.49. The van der Waals surface area contributed by atoms with E-state index in [4.69, 9.17) is 62.7 Å². The first-order valence-corrected chi connectivity index (χ1v) is 7.32. The lowest BCUT2D eigenvalue weighted by atomic mass is 10.0. The number of carbonyl (C=O) groups is 1. The minimum Gasteiger partial charge on any atom is -0.494 e. The highest BCUT2D eigenvalue weighted by Gasteiger charge is 2.23. The van der Waals surface area contributed by atoms with Gasteiger partial charge in [0.1, 0.15) is 5.75 Å². The Balaban J connectivity index is 2.89. The second-order valence-electron chi connectivity index (χ2n) is 3.87. The summed E-state index contributed by atoms with van der Waals surface area (Å²) >= 11 is 30.4. The van der Waals surface area contributed by atoms with Crippen LogP contribution >= 0.6 is 58.0 Å². The Morgan fingerprint density at radius 3 is 1.95 bits per heavy atom. The van der Waals surface area contributed by atoms with E-state index in [9.17, 15) is 4.79 Å². The maximum atomic E-state index is 11.4. The van der Waals surface area contributed by atoms with Crippen molar-refractivity contribution >= 4 is 64.3 Å². The van der Waals surface area contributed by atoms with E-state index < -0.39 is 0 Å². The standard InChI is InChI=1S/C13H6Cl5NO2/c1-21-7-3-19-2-5(6(7)4-20)8-9(14)11(16)13(18)12(17)10(8)15/h2-4H,1H3. The summed E-state index contributed by atoms with van der Waals surface area (Å²) < 4.78 is 5.09. The number of carbonyl (C=O) groups excluding carboxylic acids is 1. The van der Waals surface area contributed by atoms with Crippen LogP contribution in [-0.4, -0.2) is 18.4 Å². The van der Waals surface area contributed by atoms with Gasteiger partial charge in [-0.2, -0.15) is 0 Å². The molecule has 110 valence electrons. The number of rotatable bonds is 3. The van der Waals surface area contributed by atoms with Crippen molar-refractivity contribution in [2.24, 2.45) is 0 Å². The molecule has 1 aromatic heterocycles. The lowest BCUT2D eigenvalue weighted by Crippen LogP contribution is -1.97. The van der Waals surface area contributed by atoms with Crippen molar-refractivity contribution in [1.82, 2.24) is 4.98 Å². The Hall–Kier alpha value is -0.710. The van der Waals surface area contributed by atoms with Crippen LogP contribution in [0.5, 0.6) is 5.75 Å². The van der Waals surface area contributed by atoms with E-state index >= 15 is 0 Å². The van der Waals surface area contributed by atoms with Crippen molar-refractivity contribution < 1.29 is 9.53 Å². The topological polar surface area (TPSA) is 39.2 Å². The quantitative estimate of drug-likeness (QED) is 0.379. The number of aromatic nitrogens is 1. The van der Waals surface area contributed by atoms with Gasteiger partial charge in [0.2, 0.25) is 0 Å². The molecule has 0 bridgehead atoms. The Morgan fingerprint density at radius 1 is 0.952 bits per heavy atom. The third-order valence-corrected chi connectivity index (χ3v) is 5.04. The molecule has 2 rings (SSSR count). The van der Waals surface area contributed by atoms with Gasteiger partial charge in [-0.15, -0.1) is 0 Å². The number of hydrogen-bond acceptors (Lipinski definition) is 3. The summed E-state index contributed by atoms with van der Waals surface area (Å²) in [6, 6.07) is 0. The molecule has 1 heterocycles.